The Bertz CT molecular complexity index is 243. The minimum atomic E-state index is 0.578. The van der Waals surface area contributed by atoms with Gasteiger partial charge in [-0.25, -0.2) is 0 Å². The minimum Gasteiger partial charge on any atom is -0.468 e. The lowest BCUT2D eigenvalue weighted by molar-refractivity contribution is 0.322. The van der Waals surface area contributed by atoms with Gasteiger partial charge < -0.3 is 4.42 Å². The Morgan fingerprint density at radius 2 is 2.38 bits per heavy atom. The first kappa shape index (κ1) is 10.4. The van der Waals surface area contributed by atoms with E-state index in [2.05, 4.69) is 11.0 Å². The average Bonchev–Trinajstić information content (AvgIpc) is 2.57. The molecule has 0 saturated heterocycles. The maximum absolute atomic E-state index is 5.50. The van der Waals surface area contributed by atoms with Crippen LogP contribution in [0.3, 0.4) is 0 Å². The topological polar surface area (TPSA) is 16.4 Å². The molecule has 2 nitrogen and oxygen atoms in total. The number of likely N-dealkylation sites (N-methyl/N-ethyl adjacent to an activating group) is 1. The molecule has 1 aromatic heterocycles. The lowest BCUT2D eigenvalue weighted by Gasteiger charge is -2.11. The van der Waals surface area contributed by atoms with Crippen molar-refractivity contribution in [1.82, 2.24) is 4.90 Å². The van der Waals surface area contributed by atoms with Gasteiger partial charge in [-0.2, -0.15) is 0 Å². The van der Waals surface area contributed by atoms with E-state index in [4.69, 9.17) is 16.0 Å². The van der Waals surface area contributed by atoms with E-state index in [1.807, 2.05) is 25.3 Å². The van der Waals surface area contributed by atoms with E-state index >= 15 is 0 Å². The van der Waals surface area contributed by atoms with Crippen LogP contribution in [0.4, 0.5) is 0 Å². The third-order valence-electron chi connectivity index (χ3n) is 1.68. The maximum Gasteiger partial charge on any atom is 0.117 e. The molecule has 1 rings (SSSR count). The molecule has 0 aliphatic heterocycles. The normalized spacial score (nSPS) is 11.6. The number of hydrogen-bond donors (Lipinski definition) is 0. The van der Waals surface area contributed by atoms with Crippen molar-refractivity contribution in [2.24, 2.45) is 0 Å². The molecule has 0 aliphatic rings. The molecule has 0 spiro atoms. The zero-order chi connectivity index (χ0) is 9.52. The van der Waals surface area contributed by atoms with Crippen LogP contribution in [-0.4, -0.2) is 24.4 Å². The highest BCUT2D eigenvalue weighted by Crippen LogP contribution is 2.03. The summed E-state index contributed by atoms with van der Waals surface area (Å²) in [6.45, 7) is 1.73. The Morgan fingerprint density at radius 1 is 1.54 bits per heavy atom. The fourth-order valence-corrected chi connectivity index (χ4v) is 1.18. The number of rotatable bonds is 5. The zero-order valence-electron chi connectivity index (χ0n) is 7.74. The summed E-state index contributed by atoms with van der Waals surface area (Å²) < 4.78 is 5.22. The Morgan fingerprint density at radius 3 is 3.00 bits per heavy atom. The first-order valence-corrected chi connectivity index (χ1v) is 4.78. The van der Waals surface area contributed by atoms with Gasteiger partial charge in [0.05, 0.1) is 12.8 Å². The zero-order valence-corrected chi connectivity index (χ0v) is 8.50. The predicted octanol–water partition coefficient (Wildman–Crippen LogP) is 2.51. The summed E-state index contributed by atoms with van der Waals surface area (Å²) in [4.78, 5) is 2.15. The number of allylic oxidation sites excluding steroid dienone is 1. The highest BCUT2D eigenvalue weighted by Gasteiger charge is 1.99. The van der Waals surface area contributed by atoms with Crippen molar-refractivity contribution in [1.29, 1.82) is 0 Å². The van der Waals surface area contributed by atoms with Gasteiger partial charge in [0, 0.05) is 12.4 Å². The van der Waals surface area contributed by atoms with Crippen LogP contribution in [0.5, 0.6) is 0 Å². The summed E-state index contributed by atoms with van der Waals surface area (Å²) >= 11 is 5.50. The number of hydrogen-bond acceptors (Lipinski definition) is 2. The molecule has 1 heterocycles. The van der Waals surface area contributed by atoms with Crippen LogP contribution in [-0.2, 0) is 6.54 Å². The fraction of sp³-hybridized carbons (Fsp3) is 0.400. The predicted molar refractivity (Wildman–Crippen MR) is 54.9 cm³/mol. The molecule has 0 unspecified atom stereocenters. The summed E-state index contributed by atoms with van der Waals surface area (Å²) in [6, 6.07) is 3.87. The van der Waals surface area contributed by atoms with E-state index in [9.17, 15) is 0 Å². The molecule has 3 heteroatoms. The van der Waals surface area contributed by atoms with Crippen LogP contribution >= 0.6 is 11.6 Å². The lowest BCUT2D eigenvalue weighted by atomic mass is 10.4. The standard InChI is InChI=1S/C10H14ClNO/c1-12(7-3-2-6-11)9-10-5-4-8-13-10/h2-5,8H,6-7,9H2,1H3. The first-order valence-electron chi connectivity index (χ1n) is 4.25. The molecule has 0 bridgehead atoms. The molecule has 0 saturated carbocycles. The van der Waals surface area contributed by atoms with Crippen LogP contribution in [0, 0.1) is 0 Å². The van der Waals surface area contributed by atoms with Crippen LogP contribution in [0.25, 0.3) is 0 Å². The van der Waals surface area contributed by atoms with Crippen molar-refractivity contribution in [2.75, 3.05) is 19.5 Å². The van der Waals surface area contributed by atoms with Gasteiger partial charge in [-0.05, 0) is 19.2 Å². The third-order valence-corrected chi connectivity index (χ3v) is 1.86. The van der Waals surface area contributed by atoms with Crippen molar-refractivity contribution in [3.8, 4) is 0 Å². The summed E-state index contributed by atoms with van der Waals surface area (Å²) in [6.07, 6.45) is 5.69. The highest BCUT2D eigenvalue weighted by molar-refractivity contribution is 6.18. The highest BCUT2D eigenvalue weighted by atomic mass is 35.5. The Labute approximate surface area is 83.8 Å². The molecule has 0 aromatic carbocycles. The van der Waals surface area contributed by atoms with E-state index in [0.717, 1.165) is 18.8 Å². The van der Waals surface area contributed by atoms with Gasteiger partial charge in [-0.1, -0.05) is 12.2 Å². The molecule has 0 fully saturated rings. The van der Waals surface area contributed by atoms with E-state index < -0.39 is 0 Å². The summed E-state index contributed by atoms with van der Waals surface area (Å²) in [5, 5.41) is 0. The second-order valence-electron chi connectivity index (χ2n) is 2.90. The molecule has 0 aliphatic carbocycles. The van der Waals surface area contributed by atoms with Crippen LogP contribution in [0.1, 0.15) is 5.76 Å². The van der Waals surface area contributed by atoms with Crippen molar-refractivity contribution < 1.29 is 4.42 Å². The van der Waals surface area contributed by atoms with Crippen LogP contribution < -0.4 is 0 Å². The van der Waals surface area contributed by atoms with Gasteiger partial charge in [0.25, 0.3) is 0 Å². The molecule has 1 aromatic rings. The number of halogens is 1. The second-order valence-corrected chi connectivity index (χ2v) is 3.21. The van der Waals surface area contributed by atoms with E-state index in [-0.39, 0.29) is 0 Å². The average molecular weight is 200 g/mol. The van der Waals surface area contributed by atoms with Gasteiger partial charge >= 0.3 is 0 Å². The first-order chi connectivity index (χ1) is 6.33. The van der Waals surface area contributed by atoms with E-state index in [1.165, 1.54) is 0 Å². The molecule has 0 N–H and O–H groups in total. The fourth-order valence-electron chi connectivity index (χ4n) is 1.05. The van der Waals surface area contributed by atoms with Gasteiger partial charge in [0.1, 0.15) is 5.76 Å². The van der Waals surface area contributed by atoms with Crippen molar-refractivity contribution in [2.45, 2.75) is 6.54 Å². The minimum absolute atomic E-state index is 0.578. The van der Waals surface area contributed by atoms with Crippen LogP contribution in [0.2, 0.25) is 0 Å². The van der Waals surface area contributed by atoms with Gasteiger partial charge in [-0.15, -0.1) is 11.6 Å². The lowest BCUT2D eigenvalue weighted by Crippen LogP contribution is -2.17. The molecule has 0 amide bonds. The molecule has 0 atom stereocenters. The monoisotopic (exact) mass is 199 g/mol. The van der Waals surface area contributed by atoms with Crippen molar-refractivity contribution >= 4 is 11.6 Å². The smallest absolute Gasteiger partial charge is 0.117 e. The van der Waals surface area contributed by atoms with E-state index in [0.29, 0.717) is 5.88 Å². The molecule has 0 radical (unpaired) electrons. The van der Waals surface area contributed by atoms with Crippen molar-refractivity contribution in [3.05, 3.63) is 36.3 Å². The Balaban J connectivity index is 2.25. The third kappa shape index (κ3) is 4.15. The summed E-state index contributed by atoms with van der Waals surface area (Å²) in [5.74, 6) is 1.57. The molecular formula is C10H14ClNO. The summed E-state index contributed by atoms with van der Waals surface area (Å²) in [5.41, 5.74) is 0. The number of furan rings is 1. The Hall–Kier alpha value is -0.730. The SMILES string of the molecule is CN(CC=CCCl)Cc1ccco1. The molecule has 13 heavy (non-hydrogen) atoms. The van der Waals surface area contributed by atoms with E-state index in [1.54, 1.807) is 6.26 Å². The molecular weight excluding hydrogens is 186 g/mol. The van der Waals surface area contributed by atoms with Gasteiger partial charge in [0.2, 0.25) is 0 Å². The number of nitrogens with zero attached hydrogens (tertiary/aromatic N) is 1. The Kier molecular flexibility index (Phi) is 4.65. The second kappa shape index (κ2) is 5.84. The van der Waals surface area contributed by atoms with Crippen molar-refractivity contribution in [3.63, 3.8) is 0 Å². The summed E-state index contributed by atoms with van der Waals surface area (Å²) in [7, 11) is 2.04. The largest absolute Gasteiger partial charge is 0.468 e. The number of alkyl halides is 1. The van der Waals surface area contributed by atoms with Gasteiger partial charge in [0.15, 0.2) is 0 Å². The maximum atomic E-state index is 5.50. The molecule has 72 valence electrons. The quantitative estimate of drug-likeness (QED) is 0.535. The van der Waals surface area contributed by atoms with Crippen LogP contribution in [0.15, 0.2) is 35.0 Å². The van der Waals surface area contributed by atoms with Gasteiger partial charge in [-0.3, -0.25) is 4.90 Å².